The van der Waals surface area contributed by atoms with Crippen molar-refractivity contribution in [3.8, 4) is 0 Å². The minimum absolute atomic E-state index is 0.0790. The minimum Gasteiger partial charge on any atom is -0.340 e. The number of likely N-dealkylation sites (tertiary alicyclic amines) is 1. The zero-order chi connectivity index (χ0) is 22.5. The van der Waals surface area contributed by atoms with Crippen molar-refractivity contribution < 1.29 is 4.79 Å². The van der Waals surface area contributed by atoms with E-state index in [-0.39, 0.29) is 5.78 Å². The van der Waals surface area contributed by atoms with E-state index in [0.717, 1.165) is 39.1 Å². The Bertz CT molecular complexity index is 1140. The molecule has 0 saturated carbocycles. The molecule has 1 aliphatic rings. The molecule has 160 valence electrons. The number of rotatable bonds is 3. The zero-order valence-corrected chi connectivity index (χ0v) is 19.2. The van der Waals surface area contributed by atoms with Crippen molar-refractivity contribution in [1.29, 1.82) is 0 Å². The van der Waals surface area contributed by atoms with Crippen molar-refractivity contribution in [3.05, 3.63) is 112 Å². The molecule has 3 aromatic carbocycles. The second-order valence-electron chi connectivity index (χ2n) is 8.03. The van der Waals surface area contributed by atoms with E-state index in [4.69, 9.17) is 12.2 Å². The molecule has 0 atom stereocenters. The summed E-state index contributed by atoms with van der Waals surface area (Å²) in [6.07, 6.45) is 4.00. The van der Waals surface area contributed by atoms with Gasteiger partial charge in [0.15, 0.2) is 10.9 Å². The van der Waals surface area contributed by atoms with Gasteiger partial charge in [-0.2, -0.15) is 0 Å². The smallest absolute Gasteiger partial charge is 0.188 e. The second kappa shape index (κ2) is 9.75. The quantitative estimate of drug-likeness (QED) is 0.398. The summed E-state index contributed by atoms with van der Waals surface area (Å²) in [7, 11) is 0. The van der Waals surface area contributed by atoms with E-state index in [1.807, 2.05) is 78.9 Å². The van der Waals surface area contributed by atoms with Gasteiger partial charge in [-0.3, -0.25) is 4.79 Å². The van der Waals surface area contributed by atoms with Crippen LogP contribution >= 0.6 is 12.2 Å². The van der Waals surface area contributed by atoms with Crippen LogP contribution in [0.3, 0.4) is 0 Å². The second-order valence-corrected chi connectivity index (χ2v) is 8.42. The molecule has 1 saturated heterocycles. The van der Waals surface area contributed by atoms with E-state index >= 15 is 0 Å². The lowest BCUT2D eigenvalue weighted by Crippen LogP contribution is -2.43. The van der Waals surface area contributed by atoms with Gasteiger partial charge in [0.25, 0.3) is 0 Å². The molecule has 4 rings (SSSR count). The van der Waals surface area contributed by atoms with Crippen molar-refractivity contribution in [3.63, 3.8) is 0 Å². The number of nitrogens with zero attached hydrogens (tertiary/aromatic N) is 1. The lowest BCUT2D eigenvalue weighted by Gasteiger charge is -2.32. The third-order valence-corrected chi connectivity index (χ3v) is 6.01. The molecule has 0 unspecified atom stereocenters. The van der Waals surface area contributed by atoms with Crippen LogP contribution in [-0.2, 0) is 4.79 Å². The summed E-state index contributed by atoms with van der Waals surface area (Å²) in [5.41, 5.74) is 6.79. The topological polar surface area (TPSA) is 32.3 Å². The Morgan fingerprint density at radius 1 is 0.781 bits per heavy atom. The first-order valence-electron chi connectivity index (χ1n) is 10.7. The molecule has 1 N–H and O–H groups in total. The van der Waals surface area contributed by atoms with Crippen molar-refractivity contribution in [2.75, 3.05) is 18.4 Å². The predicted molar refractivity (Wildman–Crippen MR) is 138 cm³/mol. The maximum absolute atomic E-state index is 13.5. The first-order valence-corrected chi connectivity index (χ1v) is 11.1. The van der Waals surface area contributed by atoms with Gasteiger partial charge in [0.1, 0.15) is 0 Å². The molecule has 1 aliphatic heterocycles. The molecule has 1 heterocycles. The minimum atomic E-state index is 0.0790. The number of anilines is 1. The van der Waals surface area contributed by atoms with Gasteiger partial charge in [0.05, 0.1) is 0 Å². The number of hydrogen-bond donors (Lipinski definition) is 1. The van der Waals surface area contributed by atoms with E-state index in [9.17, 15) is 4.79 Å². The van der Waals surface area contributed by atoms with E-state index in [2.05, 4.69) is 36.2 Å². The zero-order valence-electron chi connectivity index (χ0n) is 18.3. The summed E-state index contributed by atoms with van der Waals surface area (Å²) in [5.74, 6) is 0.0790. The first kappa shape index (κ1) is 21.7. The molecule has 3 nitrogen and oxygen atoms in total. The Morgan fingerprint density at radius 3 is 1.75 bits per heavy atom. The molecule has 0 aromatic heterocycles. The summed E-state index contributed by atoms with van der Waals surface area (Å²) < 4.78 is 0. The molecule has 0 radical (unpaired) electrons. The van der Waals surface area contributed by atoms with Gasteiger partial charge in [-0.05, 0) is 72.6 Å². The van der Waals surface area contributed by atoms with Gasteiger partial charge in [0, 0.05) is 29.9 Å². The number of ketones is 1. The first-order chi connectivity index (χ1) is 15.5. The number of aryl methyl sites for hydroxylation is 2. The molecular weight excluding hydrogens is 412 g/mol. The van der Waals surface area contributed by atoms with E-state index in [0.29, 0.717) is 18.2 Å². The Hall–Kier alpha value is -3.50. The molecule has 4 heteroatoms. The largest absolute Gasteiger partial charge is 0.340 e. The van der Waals surface area contributed by atoms with Crippen molar-refractivity contribution in [2.45, 2.75) is 13.8 Å². The number of carbonyl (C=O) groups is 1. The van der Waals surface area contributed by atoms with E-state index < -0.39 is 0 Å². The highest BCUT2D eigenvalue weighted by Gasteiger charge is 2.28. The fourth-order valence-corrected chi connectivity index (χ4v) is 4.03. The number of para-hydroxylation sites is 1. The molecular formula is C28H26N2OS. The fraction of sp³-hybridized carbons (Fsp3) is 0.143. The van der Waals surface area contributed by atoms with Gasteiger partial charge in [0.2, 0.25) is 0 Å². The van der Waals surface area contributed by atoms with Crippen LogP contribution < -0.4 is 5.32 Å². The third kappa shape index (κ3) is 5.04. The number of carbonyl (C=O) groups excluding carboxylic acids is 1. The number of benzene rings is 3. The SMILES string of the molecule is Cc1ccccc1/C=C1\CN(C(=S)Nc2ccccc2)C/C(=C\c2ccccc2C)C1=O. The average Bonchev–Trinajstić information content (AvgIpc) is 2.80. The van der Waals surface area contributed by atoms with Gasteiger partial charge in [-0.1, -0.05) is 66.7 Å². The Balaban J connectivity index is 1.70. The summed E-state index contributed by atoms with van der Waals surface area (Å²) >= 11 is 5.73. The highest BCUT2D eigenvalue weighted by Crippen LogP contribution is 2.24. The van der Waals surface area contributed by atoms with E-state index in [1.165, 1.54) is 0 Å². The fourth-order valence-electron chi connectivity index (χ4n) is 3.78. The maximum atomic E-state index is 13.5. The lowest BCUT2D eigenvalue weighted by molar-refractivity contribution is -0.113. The number of hydrogen-bond acceptors (Lipinski definition) is 2. The molecule has 32 heavy (non-hydrogen) atoms. The highest BCUT2D eigenvalue weighted by molar-refractivity contribution is 7.80. The van der Waals surface area contributed by atoms with Crippen LogP contribution in [-0.4, -0.2) is 28.9 Å². The van der Waals surface area contributed by atoms with Crippen molar-refractivity contribution in [2.24, 2.45) is 0 Å². The molecule has 0 aliphatic carbocycles. The van der Waals surface area contributed by atoms with Crippen LogP contribution in [0.2, 0.25) is 0 Å². The van der Waals surface area contributed by atoms with Crippen molar-refractivity contribution in [1.82, 2.24) is 4.90 Å². The molecule has 0 amide bonds. The Kier molecular flexibility index (Phi) is 6.62. The summed E-state index contributed by atoms with van der Waals surface area (Å²) in [4.78, 5) is 15.5. The van der Waals surface area contributed by atoms with Crippen LogP contribution in [0.15, 0.2) is 90.0 Å². The Labute approximate surface area is 195 Å². The number of piperidine rings is 1. The van der Waals surface area contributed by atoms with Gasteiger partial charge in [-0.25, -0.2) is 0 Å². The molecule has 0 bridgehead atoms. The maximum Gasteiger partial charge on any atom is 0.188 e. The predicted octanol–water partition coefficient (Wildman–Crippen LogP) is 6.05. The summed E-state index contributed by atoms with van der Waals surface area (Å²) in [6.45, 7) is 5.06. The number of thiocarbonyl (C=S) groups is 1. The lowest BCUT2D eigenvalue weighted by atomic mass is 9.93. The number of nitrogens with one attached hydrogen (secondary N) is 1. The normalized spacial score (nSPS) is 16.4. The van der Waals surface area contributed by atoms with Crippen LogP contribution in [0.4, 0.5) is 5.69 Å². The van der Waals surface area contributed by atoms with Crippen LogP contribution in [0.5, 0.6) is 0 Å². The van der Waals surface area contributed by atoms with Crippen LogP contribution in [0.25, 0.3) is 12.2 Å². The van der Waals surface area contributed by atoms with Crippen LogP contribution in [0, 0.1) is 13.8 Å². The van der Waals surface area contributed by atoms with Crippen molar-refractivity contribution >= 4 is 41.0 Å². The van der Waals surface area contributed by atoms with Gasteiger partial charge >= 0.3 is 0 Å². The van der Waals surface area contributed by atoms with E-state index in [1.54, 1.807) is 0 Å². The monoisotopic (exact) mass is 438 g/mol. The molecule has 1 fully saturated rings. The molecule has 0 spiro atoms. The highest BCUT2D eigenvalue weighted by atomic mass is 32.1. The van der Waals surface area contributed by atoms with Gasteiger partial charge in [-0.15, -0.1) is 0 Å². The third-order valence-electron chi connectivity index (χ3n) is 5.65. The standard InChI is InChI=1S/C28H26N2OS/c1-20-10-6-8-12-22(20)16-24-18-30(28(32)29-26-14-4-3-5-15-26)19-25(27(24)31)17-23-13-9-7-11-21(23)2/h3-17H,18-19H2,1-2H3,(H,29,32)/b24-16+,25-17+. The van der Waals surface area contributed by atoms with Crippen LogP contribution in [0.1, 0.15) is 22.3 Å². The Morgan fingerprint density at radius 2 is 1.25 bits per heavy atom. The average molecular weight is 439 g/mol. The van der Waals surface area contributed by atoms with Gasteiger partial charge < -0.3 is 10.2 Å². The summed E-state index contributed by atoms with van der Waals surface area (Å²) in [5, 5.41) is 3.92. The number of Topliss-reactive ketones (excluding diaryl/α,β-unsaturated/α-hetero) is 1. The molecule has 3 aromatic rings. The summed E-state index contributed by atoms with van der Waals surface area (Å²) in [6, 6.07) is 26.1.